The lowest BCUT2D eigenvalue weighted by Crippen LogP contribution is -2.29. The lowest BCUT2D eigenvalue weighted by molar-refractivity contribution is 0.0527. The van der Waals surface area contributed by atoms with Crippen LogP contribution < -0.4 is 10.6 Å². The summed E-state index contributed by atoms with van der Waals surface area (Å²) in [5.74, 6) is 0. The van der Waals surface area contributed by atoms with Crippen LogP contribution in [-0.4, -0.2) is 32.0 Å². The zero-order valence-electron chi connectivity index (χ0n) is 7.34. The summed E-state index contributed by atoms with van der Waals surface area (Å²) in [5.41, 5.74) is 0. The van der Waals surface area contributed by atoms with Crippen molar-refractivity contribution in [2.75, 3.05) is 19.6 Å². The first-order chi connectivity index (χ1) is 5.33. The second kappa shape index (κ2) is 4.70. The molecule has 1 fully saturated rings. The van der Waals surface area contributed by atoms with Gasteiger partial charge in [0.05, 0.1) is 6.10 Å². The first-order valence-electron chi connectivity index (χ1n) is 4.35. The van der Waals surface area contributed by atoms with E-state index in [-0.39, 0.29) is 6.23 Å². The van der Waals surface area contributed by atoms with Crippen LogP contribution in [0, 0.1) is 0 Å². The highest BCUT2D eigenvalue weighted by molar-refractivity contribution is 4.72. The summed E-state index contributed by atoms with van der Waals surface area (Å²) in [7, 11) is 0. The molecule has 0 spiro atoms. The Morgan fingerprint density at radius 3 is 3.00 bits per heavy atom. The Labute approximate surface area is 68.5 Å². The third-order valence-electron chi connectivity index (χ3n) is 1.75. The van der Waals surface area contributed by atoms with E-state index in [1.54, 1.807) is 0 Å². The van der Waals surface area contributed by atoms with E-state index in [1.807, 2.05) is 6.92 Å². The number of nitrogens with one attached hydrogen (secondary N) is 1. The molecule has 0 aromatic carbocycles. The Balaban J connectivity index is 1.99. The van der Waals surface area contributed by atoms with Gasteiger partial charge in [-0.05, 0) is 19.9 Å². The lowest BCUT2D eigenvalue weighted by Gasteiger charge is -2.09. The van der Waals surface area contributed by atoms with E-state index in [9.17, 15) is 0 Å². The van der Waals surface area contributed by atoms with Crippen LogP contribution in [-0.2, 0) is 4.74 Å². The molecule has 1 aliphatic heterocycles. The molecule has 1 saturated heterocycles. The van der Waals surface area contributed by atoms with Crippen LogP contribution >= 0.6 is 0 Å². The molecule has 1 aliphatic rings. The van der Waals surface area contributed by atoms with E-state index in [1.165, 1.54) is 6.42 Å². The fourth-order valence-electron chi connectivity index (χ4n) is 1.18. The van der Waals surface area contributed by atoms with Crippen molar-refractivity contribution in [3.8, 4) is 0 Å². The van der Waals surface area contributed by atoms with Gasteiger partial charge < -0.3 is 10.1 Å². The Morgan fingerprint density at radius 2 is 2.45 bits per heavy atom. The van der Waals surface area contributed by atoms with Crippen LogP contribution in [0.25, 0.3) is 0 Å². The summed E-state index contributed by atoms with van der Waals surface area (Å²) in [4.78, 5) is 0. The van der Waals surface area contributed by atoms with E-state index in [4.69, 9.17) is 4.74 Å². The molecule has 1 radical (unpaired) electrons. The Kier molecular flexibility index (Phi) is 3.83. The van der Waals surface area contributed by atoms with Crippen molar-refractivity contribution in [3.05, 3.63) is 0 Å². The number of hydrogen-bond donors (Lipinski definition) is 1. The van der Waals surface area contributed by atoms with Crippen LogP contribution in [0.4, 0.5) is 0 Å². The fourth-order valence-corrected chi connectivity index (χ4v) is 1.18. The first-order valence-corrected chi connectivity index (χ1v) is 4.35. The minimum Gasteiger partial charge on any atom is -0.356 e. The zero-order chi connectivity index (χ0) is 8.10. The van der Waals surface area contributed by atoms with Crippen molar-refractivity contribution in [2.24, 2.45) is 0 Å². The van der Waals surface area contributed by atoms with Gasteiger partial charge in [-0.25, -0.2) is 5.32 Å². The molecule has 2 atom stereocenters. The lowest BCUT2D eigenvalue weighted by atomic mass is 10.3. The van der Waals surface area contributed by atoms with Crippen LogP contribution in [0.3, 0.4) is 0 Å². The molecule has 65 valence electrons. The van der Waals surface area contributed by atoms with Gasteiger partial charge in [-0.1, -0.05) is 6.92 Å². The molecule has 3 heteroatoms. The summed E-state index contributed by atoms with van der Waals surface area (Å²) < 4.78 is 5.48. The van der Waals surface area contributed by atoms with Gasteiger partial charge in [-0.3, -0.25) is 0 Å². The molecular weight excluding hydrogens is 140 g/mol. The molecule has 1 N–H and O–H groups in total. The third kappa shape index (κ3) is 3.18. The number of ether oxygens (including phenoxy) is 1. The van der Waals surface area contributed by atoms with Gasteiger partial charge in [0.2, 0.25) is 0 Å². The molecule has 2 unspecified atom stereocenters. The normalized spacial score (nSPS) is 31.1. The van der Waals surface area contributed by atoms with Gasteiger partial charge in [0.25, 0.3) is 0 Å². The monoisotopic (exact) mass is 157 g/mol. The number of hydrogen-bond acceptors (Lipinski definition) is 2. The summed E-state index contributed by atoms with van der Waals surface area (Å²) in [6.45, 7) is 7.03. The summed E-state index contributed by atoms with van der Waals surface area (Å²) in [5, 5.41) is 7.55. The average molecular weight is 157 g/mol. The summed E-state index contributed by atoms with van der Waals surface area (Å²) in [6, 6.07) is 0. The van der Waals surface area contributed by atoms with Crippen LogP contribution in [0.5, 0.6) is 0 Å². The molecule has 0 aromatic heterocycles. The van der Waals surface area contributed by atoms with Crippen LogP contribution in [0.1, 0.15) is 20.3 Å². The minimum absolute atomic E-state index is 0.114. The quantitative estimate of drug-likeness (QED) is 0.597. The largest absolute Gasteiger partial charge is 0.356 e. The first kappa shape index (κ1) is 8.97. The van der Waals surface area contributed by atoms with Crippen molar-refractivity contribution < 1.29 is 4.74 Å². The maximum Gasteiger partial charge on any atom is 0.121 e. The van der Waals surface area contributed by atoms with Crippen molar-refractivity contribution in [2.45, 2.75) is 32.6 Å². The predicted molar refractivity (Wildman–Crippen MR) is 44.5 cm³/mol. The molecule has 0 aromatic rings. The van der Waals surface area contributed by atoms with Gasteiger partial charge in [0.1, 0.15) is 6.23 Å². The molecule has 0 saturated carbocycles. The standard InChI is InChI=1S/C8H17N2O/c1-3-4-9-5-8-6-10-7(2)11-8/h7-9H,3-6H2,1-2H3. The van der Waals surface area contributed by atoms with Crippen molar-refractivity contribution in [1.82, 2.24) is 10.6 Å². The molecule has 0 aliphatic carbocycles. The van der Waals surface area contributed by atoms with Crippen LogP contribution in [0.2, 0.25) is 0 Å². The van der Waals surface area contributed by atoms with Gasteiger partial charge in [-0.15, -0.1) is 0 Å². The molecule has 1 rings (SSSR count). The zero-order valence-corrected chi connectivity index (χ0v) is 7.34. The Hall–Kier alpha value is -0.120. The molecule has 0 amide bonds. The van der Waals surface area contributed by atoms with E-state index in [0.717, 1.165) is 19.6 Å². The molecule has 0 bridgehead atoms. The Bertz CT molecular complexity index is 108. The maximum atomic E-state index is 5.48. The van der Waals surface area contributed by atoms with E-state index in [2.05, 4.69) is 17.6 Å². The average Bonchev–Trinajstić information content (AvgIpc) is 2.37. The molecular formula is C8H17N2O. The van der Waals surface area contributed by atoms with Gasteiger partial charge in [0, 0.05) is 13.1 Å². The number of rotatable bonds is 4. The highest BCUT2D eigenvalue weighted by atomic mass is 16.5. The van der Waals surface area contributed by atoms with E-state index in [0.29, 0.717) is 6.10 Å². The van der Waals surface area contributed by atoms with Crippen molar-refractivity contribution in [1.29, 1.82) is 0 Å². The fraction of sp³-hybridized carbons (Fsp3) is 1.00. The molecule has 11 heavy (non-hydrogen) atoms. The predicted octanol–water partition coefficient (Wildman–Crippen LogP) is 0.335. The van der Waals surface area contributed by atoms with Crippen LogP contribution in [0.15, 0.2) is 0 Å². The van der Waals surface area contributed by atoms with Crippen molar-refractivity contribution in [3.63, 3.8) is 0 Å². The number of nitrogens with zero attached hydrogens (tertiary/aromatic N) is 1. The van der Waals surface area contributed by atoms with Gasteiger partial charge in [-0.2, -0.15) is 0 Å². The molecule has 1 heterocycles. The minimum atomic E-state index is 0.114. The third-order valence-corrected chi connectivity index (χ3v) is 1.75. The van der Waals surface area contributed by atoms with Gasteiger partial charge in [0.15, 0.2) is 0 Å². The highest BCUT2D eigenvalue weighted by Crippen LogP contribution is 2.04. The SMILES string of the molecule is CCCNCC1C[N]C(C)O1. The second-order valence-corrected chi connectivity index (χ2v) is 2.93. The van der Waals surface area contributed by atoms with E-state index >= 15 is 0 Å². The highest BCUT2D eigenvalue weighted by Gasteiger charge is 2.21. The summed E-state index contributed by atoms with van der Waals surface area (Å²) >= 11 is 0. The smallest absolute Gasteiger partial charge is 0.121 e. The maximum absolute atomic E-state index is 5.48. The van der Waals surface area contributed by atoms with E-state index < -0.39 is 0 Å². The van der Waals surface area contributed by atoms with Gasteiger partial charge >= 0.3 is 0 Å². The Morgan fingerprint density at radius 1 is 1.64 bits per heavy atom. The topological polar surface area (TPSA) is 35.4 Å². The second-order valence-electron chi connectivity index (χ2n) is 2.93. The molecule has 3 nitrogen and oxygen atoms in total. The van der Waals surface area contributed by atoms with Crippen molar-refractivity contribution >= 4 is 0 Å². The summed E-state index contributed by atoms with van der Waals surface area (Å²) in [6.07, 6.45) is 1.61.